The quantitative estimate of drug-likeness (QED) is 0.458. The molecule has 1 aromatic carbocycles. The lowest BCUT2D eigenvalue weighted by atomic mass is 10.1. The molecule has 0 fully saturated rings. The van der Waals surface area contributed by atoms with Crippen LogP contribution in [0.5, 0.6) is 0 Å². The summed E-state index contributed by atoms with van der Waals surface area (Å²) in [5.74, 6) is 1.49. The van der Waals surface area contributed by atoms with Crippen molar-refractivity contribution in [2.75, 3.05) is 6.54 Å². The zero-order valence-corrected chi connectivity index (χ0v) is 9.93. The van der Waals surface area contributed by atoms with Crippen LogP contribution in [0.3, 0.4) is 0 Å². The lowest BCUT2D eigenvalue weighted by Gasteiger charge is -2.18. The molecule has 2 amide bonds. The summed E-state index contributed by atoms with van der Waals surface area (Å²) >= 11 is 0. The lowest BCUT2D eigenvalue weighted by molar-refractivity contribution is -0.123. The third-order valence-corrected chi connectivity index (χ3v) is 2.31. The molecule has 0 heterocycles. The minimum atomic E-state index is -0.480. The third kappa shape index (κ3) is 2.74. The van der Waals surface area contributed by atoms with Crippen LogP contribution >= 0.6 is 0 Å². The molecule has 1 rings (SSSR count). The predicted molar refractivity (Wildman–Crippen MR) is 70.8 cm³/mol. The molecule has 0 aromatic heterocycles. The van der Waals surface area contributed by atoms with Crippen LogP contribution in [-0.2, 0) is 4.79 Å². The van der Waals surface area contributed by atoms with E-state index in [0.29, 0.717) is 11.1 Å². The van der Waals surface area contributed by atoms with Crippen molar-refractivity contribution in [2.24, 2.45) is 0 Å². The Morgan fingerprint density at radius 3 is 2.56 bits per heavy atom. The molecule has 0 N–H and O–H groups in total. The van der Waals surface area contributed by atoms with E-state index in [1.165, 1.54) is 6.08 Å². The van der Waals surface area contributed by atoms with Gasteiger partial charge in [-0.3, -0.25) is 14.5 Å². The number of terminal acetylenes is 1. The molecule has 0 spiro atoms. The molecule has 3 heteroatoms. The van der Waals surface area contributed by atoms with Crippen molar-refractivity contribution in [3.8, 4) is 12.3 Å². The van der Waals surface area contributed by atoms with Gasteiger partial charge in [-0.1, -0.05) is 30.7 Å². The van der Waals surface area contributed by atoms with E-state index in [9.17, 15) is 9.59 Å². The number of benzene rings is 1. The number of imide groups is 1. The zero-order valence-electron chi connectivity index (χ0n) is 9.93. The summed E-state index contributed by atoms with van der Waals surface area (Å²) in [4.78, 5) is 24.9. The van der Waals surface area contributed by atoms with E-state index in [2.05, 4.69) is 19.1 Å². The Morgan fingerprint density at radius 1 is 1.33 bits per heavy atom. The predicted octanol–water partition coefficient (Wildman–Crippen LogP) is 2.01. The number of rotatable bonds is 4. The summed E-state index contributed by atoms with van der Waals surface area (Å²) in [5.41, 5.74) is 0.769. The van der Waals surface area contributed by atoms with Gasteiger partial charge in [0.05, 0.1) is 5.56 Å². The van der Waals surface area contributed by atoms with Crippen LogP contribution in [0, 0.1) is 12.3 Å². The Hall–Kier alpha value is -2.60. The first-order valence-electron chi connectivity index (χ1n) is 5.30. The van der Waals surface area contributed by atoms with Crippen LogP contribution in [0.25, 0.3) is 0 Å². The van der Waals surface area contributed by atoms with Gasteiger partial charge in [0.25, 0.3) is 11.8 Å². The second kappa shape index (κ2) is 6.21. The van der Waals surface area contributed by atoms with Gasteiger partial charge >= 0.3 is 0 Å². The van der Waals surface area contributed by atoms with E-state index in [-0.39, 0.29) is 6.54 Å². The Balaban J connectivity index is 3.18. The van der Waals surface area contributed by atoms with Crippen molar-refractivity contribution in [1.29, 1.82) is 0 Å². The maximum atomic E-state index is 12.2. The topological polar surface area (TPSA) is 37.4 Å². The Bertz CT molecular complexity index is 538. The molecule has 0 bridgehead atoms. The molecule has 0 atom stereocenters. The van der Waals surface area contributed by atoms with Gasteiger partial charge in [-0.25, -0.2) is 0 Å². The summed E-state index contributed by atoms with van der Waals surface area (Å²) in [5, 5.41) is 0. The van der Waals surface area contributed by atoms with Crippen LogP contribution in [0.15, 0.2) is 49.6 Å². The molecule has 0 saturated heterocycles. The number of hydrogen-bond acceptors (Lipinski definition) is 2. The van der Waals surface area contributed by atoms with Gasteiger partial charge in [-0.2, -0.15) is 0 Å². The molecule has 3 nitrogen and oxygen atoms in total. The first-order valence-corrected chi connectivity index (χ1v) is 5.30. The fourth-order valence-corrected chi connectivity index (χ4v) is 1.45. The summed E-state index contributed by atoms with van der Waals surface area (Å²) in [7, 11) is 0. The van der Waals surface area contributed by atoms with Gasteiger partial charge in [-0.15, -0.1) is 13.0 Å². The molecule has 18 heavy (non-hydrogen) atoms. The zero-order chi connectivity index (χ0) is 13.5. The normalized spacial score (nSPS) is 9.06. The van der Waals surface area contributed by atoms with Crippen molar-refractivity contribution in [3.63, 3.8) is 0 Å². The first-order chi connectivity index (χ1) is 8.65. The van der Waals surface area contributed by atoms with Crippen LogP contribution in [0.4, 0.5) is 0 Å². The molecule has 0 aliphatic heterocycles. The molecular formula is C15H13NO2. The Labute approximate surface area is 106 Å². The van der Waals surface area contributed by atoms with Crippen molar-refractivity contribution < 1.29 is 9.59 Å². The highest BCUT2D eigenvalue weighted by Crippen LogP contribution is 2.11. The number of amides is 2. The number of nitrogens with zero attached hydrogens (tertiary/aromatic N) is 1. The van der Waals surface area contributed by atoms with Gasteiger partial charge in [-0.05, 0) is 18.2 Å². The molecular weight excluding hydrogens is 226 g/mol. The second-order valence-corrected chi connectivity index (χ2v) is 3.44. The number of carbonyl (C=O) groups excluding carboxylic acids is 2. The number of carbonyl (C=O) groups is 2. The molecule has 0 saturated carbocycles. The summed E-state index contributed by atoms with van der Waals surface area (Å²) in [6, 6.07) is 6.67. The maximum absolute atomic E-state index is 12.2. The molecule has 0 unspecified atom stereocenters. The fourth-order valence-electron chi connectivity index (χ4n) is 1.45. The fraction of sp³-hybridized carbons (Fsp3) is 0.0667. The van der Waals surface area contributed by atoms with E-state index in [4.69, 9.17) is 6.42 Å². The highest BCUT2D eigenvalue weighted by Gasteiger charge is 2.21. The largest absolute Gasteiger partial charge is 0.271 e. The van der Waals surface area contributed by atoms with E-state index >= 15 is 0 Å². The van der Waals surface area contributed by atoms with Crippen molar-refractivity contribution >= 4 is 11.8 Å². The average Bonchev–Trinajstić information content (AvgIpc) is 2.43. The Morgan fingerprint density at radius 2 is 2.00 bits per heavy atom. The second-order valence-electron chi connectivity index (χ2n) is 3.44. The minimum Gasteiger partial charge on any atom is -0.271 e. The van der Waals surface area contributed by atoms with Gasteiger partial charge in [0.1, 0.15) is 0 Å². The van der Waals surface area contributed by atoms with Crippen LogP contribution in [-0.4, -0.2) is 23.3 Å². The van der Waals surface area contributed by atoms with Crippen molar-refractivity contribution in [2.45, 2.75) is 0 Å². The van der Waals surface area contributed by atoms with Gasteiger partial charge in [0.2, 0.25) is 0 Å². The van der Waals surface area contributed by atoms with E-state index < -0.39 is 11.8 Å². The molecule has 0 radical (unpaired) electrons. The number of hydrogen-bond donors (Lipinski definition) is 0. The average molecular weight is 239 g/mol. The Kier molecular flexibility index (Phi) is 4.65. The summed E-state index contributed by atoms with van der Waals surface area (Å²) in [6.45, 7) is 6.99. The SMILES string of the molecule is C#Cc1ccccc1C(=O)N(CC=C)C(=O)C=C. The van der Waals surface area contributed by atoms with E-state index in [1.807, 2.05) is 0 Å². The summed E-state index contributed by atoms with van der Waals surface area (Å²) < 4.78 is 0. The van der Waals surface area contributed by atoms with Crippen LogP contribution in [0.2, 0.25) is 0 Å². The highest BCUT2D eigenvalue weighted by atomic mass is 16.2. The molecule has 0 aliphatic carbocycles. The first kappa shape index (κ1) is 13.5. The van der Waals surface area contributed by atoms with Gasteiger partial charge in [0.15, 0.2) is 0 Å². The summed E-state index contributed by atoms with van der Waals surface area (Å²) in [6.07, 6.45) is 7.88. The van der Waals surface area contributed by atoms with E-state index in [0.717, 1.165) is 11.0 Å². The lowest BCUT2D eigenvalue weighted by Crippen LogP contribution is -2.36. The van der Waals surface area contributed by atoms with Crippen LogP contribution < -0.4 is 0 Å². The molecule has 1 aromatic rings. The van der Waals surface area contributed by atoms with Gasteiger partial charge in [0, 0.05) is 12.1 Å². The van der Waals surface area contributed by atoms with Crippen molar-refractivity contribution in [1.82, 2.24) is 4.90 Å². The molecule has 90 valence electrons. The van der Waals surface area contributed by atoms with Crippen molar-refractivity contribution in [3.05, 3.63) is 60.7 Å². The monoisotopic (exact) mass is 239 g/mol. The minimum absolute atomic E-state index is 0.114. The van der Waals surface area contributed by atoms with E-state index in [1.54, 1.807) is 24.3 Å². The third-order valence-electron chi connectivity index (χ3n) is 2.31. The smallest absolute Gasteiger partial charge is 0.262 e. The van der Waals surface area contributed by atoms with Crippen LogP contribution in [0.1, 0.15) is 15.9 Å². The van der Waals surface area contributed by atoms with Gasteiger partial charge < -0.3 is 0 Å². The molecule has 0 aliphatic rings. The standard InChI is InChI=1S/C15H13NO2/c1-4-11-16(14(17)6-3)15(18)13-10-8-7-9-12(13)5-2/h2,4,6-10H,1,3,11H2. The maximum Gasteiger partial charge on any atom is 0.262 e. The highest BCUT2D eigenvalue weighted by molar-refractivity contribution is 6.09.